The van der Waals surface area contributed by atoms with E-state index in [9.17, 15) is 8.78 Å². The topological polar surface area (TPSA) is 64.9 Å². The third kappa shape index (κ3) is 2.60. The molecule has 8 heteroatoms. The van der Waals surface area contributed by atoms with Crippen LogP contribution in [0.2, 0.25) is 0 Å². The number of ether oxygens (including phenoxy) is 1. The fourth-order valence-electron chi connectivity index (χ4n) is 2.06. The predicted octanol–water partition coefficient (Wildman–Crippen LogP) is 2.15. The maximum Gasteiger partial charge on any atom is 0.168 e. The highest BCUT2D eigenvalue weighted by atomic mass is 19.2. The van der Waals surface area contributed by atoms with Crippen molar-refractivity contribution in [3.8, 4) is 5.69 Å². The Hall–Kier alpha value is -2.61. The summed E-state index contributed by atoms with van der Waals surface area (Å²) < 4.78 is 32.8. The van der Waals surface area contributed by atoms with Crippen molar-refractivity contribution in [3.05, 3.63) is 42.4 Å². The maximum absolute atomic E-state index is 13.4. The van der Waals surface area contributed by atoms with Crippen molar-refractivity contribution in [3.63, 3.8) is 0 Å². The molecule has 0 saturated carbocycles. The van der Waals surface area contributed by atoms with Crippen molar-refractivity contribution >= 4 is 16.9 Å². The van der Waals surface area contributed by atoms with Crippen molar-refractivity contribution in [2.75, 3.05) is 25.6 Å². The van der Waals surface area contributed by atoms with E-state index in [1.807, 2.05) is 0 Å². The molecule has 0 atom stereocenters. The lowest BCUT2D eigenvalue weighted by Gasteiger charge is -2.06. The Morgan fingerprint density at radius 2 is 2.09 bits per heavy atom. The van der Waals surface area contributed by atoms with E-state index in [-0.39, 0.29) is 0 Å². The first kappa shape index (κ1) is 14.3. The second kappa shape index (κ2) is 6.02. The molecule has 2 heterocycles. The summed E-state index contributed by atoms with van der Waals surface area (Å²) in [6.45, 7) is 1.11. The number of hydrogen-bond acceptors (Lipinski definition) is 5. The number of anilines is 1. The molecule has 0 unspecified atom stereocenters. The van der Waals surface area contributed by atoms with Gasteiger partial charge in [0.05, 0.1) is 23.9 Å². The van der Waals surface area contributed by atoms with Gasteiger partial charge in [-0.05, 0) is 12.1 Å². The number of nitrogens with one attached hydrogen (secondary N) is 1. The van der Waals surface area contributed by atoms with E-state index in [0.29, 0.717) is 35.7 Å². The van der Waals surface area contributed by atoms with Gasteiger partial charge in [-0.25, -0.2) is 23.4 Å². The summed E-state index contributed by atoms with van der Waals surface area (Å²) in [5, 5.41) is 7.97. The van der Waals surface area contributed by atoms with E-state index in [1.54, 1.807) is 13.3 Å². The van der Waals surface area contributed by atoms with E-state index in [0.717, 1.165) is 12.1 Å². The van der Waals surface area contributed by atoms with Crippen molar-refractivity contribution in [2.45, 2.75) is 0 Å². The van der Waals surface area contributed by atoms with Crippen LogP contribution < -0.4 is 5.32 Å². The number of hydrogen-bond donors (Lipinski definition) is 1. The zero-order valence-corrected chi connectivity index (χ0v) is 11.8. The van der Waals surface area contributed by atoms with Crippen LogP contribution in [0.25, 0.3) is 16.7 Å². The van der Waals surface area contributed by atoms with E-state index in [4.69, 9.17) is 4.74 Å². The SMILES string of the molecule is COCCNc1ncnc2c1cnn2-c1ccc(F)c(F)c1. The van der Waals surface area contributed by atoms with Crippen molar-refractivity contribution < 1.29 is 13.5 Å². The Labute approximate surface area is 124 Å². The van der Waals surface area contributed by atoms with E-state index in [2.05, 4.69) is 20.4 Å². The molecule has 0 aliphatic heterocycles. The van der Waals surface area contributed by atoms with Crippen molar-refractivity contribution in [1.82, 2.24) is 19.7 Å². The highest BCUT2D eigenvalue weighted by Gasteiger charge is 2.12. The molecule has 22 heavy (non-hydrogen) atoms. The smallest absolute Gasteiger partial charge is 0.168 e. The van der Waals surface area contributed by atoms with Crippen molar-refractivity contribution in [2.24, 2.45) is 0 Å². The first-order valence-electron chi connectivity index (χ1n) is 6.57. The second-order valence-electron chi connectivity index (χ2n) is 4.53. The summed E-state index contributed by atoms with van der Waals surface area (Å²) in [7, 11) is 1.61. The highest BCUT2D eigenvalue weighted by Crippen LogP contribution is 2.22. The van der Waals surface area contributed by atoms with Crippen LogP contribution in [0, 0.1) is 11.6 Å². The fourth-order valence-corrected chi connectivity index (χ4v) is 2.06. The number of fused-ring (bicyclic) bond motifs is 1. The molecule has 2 aromatic heterocycles. The minimum Gasteiger partial charge on any atom is -0.383 e. The molecule has 1 aromatic carbocycles. The summed E-state index contributed by atoms with van der Waals surface area (Å²) in [6, 6.07) is 3.56. The summed E-state index contributed by atoms with van der Waals surface area (Å²) in [4.78, 5) is 8.31. The molecule has 3 rings (SSSR count). The van der Waals surface area contributed by atoms with Crippen LogP contribution in [0.3, 0.4) is 0 Å². The third-order valence-electron chi connectivity index (χ3n) is 3.11. The minimum absolute atomic E-state index is 0.385. The standard InChI is InChI=1S/C14H13F2N5O/c1-22-5-4-17-13-10-7-20-21(14(10)19-8-18-13)9-2-3-11(15)12(16)6-9/h2-3,6-8H,4-5H2,1H3,(H,17,18,19). The van der Waals surface area contributed by atoms with E-state index >= 15 is 0 Å². The molecule has 0 aliphatic carbocycles. The summed E-state index contributed by atoms with van der Waals surface area (Å²) >= 11 is 0. The predicted molar refractivity (Wildman–Crippen MR) is 76.9 cm³/mol. The Bertz CT molecular complexity index is 805. The molecule has 0 spiro atoms. The van der Waals surface area contributed by atoms with Crippen LogP contribution in [-0.2, 0) is 4.74 Å². The molecule has 1 N–H and O–H groups in total. The molecular formula is C14H13F2N5O. The van der Waals surface area contributed by atoms with Gasteiger partial charge < -0.3 is 10.1 Å². The van der Waals surface area contributed by atoms with Crippen LogP contribution in [-0.4, -0.2) is 40.0 Å². The van der Waals surface area contributed by atoms with Crippen LogP contribution in [0.4, 0.5) is 14.6 Å². The number of nitrogens with zero attached hydrogens (tertiary/aromatic N) is 4. The van der Waals surface area contributed by atoms with Gasteiger partial charge in [-0.2, -0.15) is 5.10 Å². The van der Waals surface area contributed by atoms with Gasteiger partial charge in [-0.3, -0.25) is 0 Å². The summed E-state index contributed by atoms with van der Waals surface area (Å²) in [6.07, 6.45) is 2.96. The first-order chi connectivity index (χ1) is 10.7. The lowest BCUT2D eigenvalue weighted by atomic mass is 10.3. The van der Waals surface area contributed by atoms with Crippen LogP contribution in [0.1, 0.15) is 0 Å². The van der Waals surface area contributed by atoms with Gasteiger partial charge in [0.1, 0.15) is 12.1 Å². The molecule has 0 fully saturated rings. The Balaban J connectivity index is 2.01. The Morgan fingerprint density at radius 1 is 1.23 bits per heavy atom. The zero-order valence-electron chi connectivity index (χ0n) is 11.8. The molecule has 0 bridgehead atoms. The lowest BCUT2D eigenvalue weighted by Crippen LogP contribution is -2.09. The number of methoxy groups -OCH3 is 1. The summed E-state index contributed by atoms with van der Waals surface area (Å²) in [5.74, 6) is -1.23. The minimum atomic E-state index is -0.936. The Morgan fingerprint density at radius 3 is 2.86 bits per heavy atom. The van der Waals surface area contributed by atoms with Crippen LogP contribution in [0.5, 0.6) is 0 Å². The maximum atomic E-state index is 13.4. The van der Waals surface area contributed by atoms with Gasteiger partial charge >= 0.3 is 0 Å². The van der Waals surface area contributed by atoms with Gasteiger partial charge in [-0.1, -0.05) is 0 Å². The van der Waals surface area contributed by atoms with E-state index < -0.39 is 11.6 Å². The third-order valence-corrected chi connectivity index (χ3v) is 3.11. The number of benzene rings is 1. The van der Waals surface area contributed by atoms with Gasteiger partial charge in [0.25, 0.3) is 0 Å². The molecule has 114 valence electrons. The number of aromatic nitrogens is 4. The van der Waals surface area contributed by atoms with Crippen molar-refractivity contribution in [1.29, 1.82) is 0 Å². The number of rotatable bonds is 5. The summed E-state index contributed by atoms with van der Waals surface area (Å²) in [5.41, 5.74) is 0.886. The fraction of sp³-hybridized carbons (Fsp3) is 0.214. The van der Waals surface area contributed by atoms with E-state index in [1.165, 1.54) is 17.1 Å². The molecule has 3 aromatic rings. The van der Waals surface area contributed by atoms with Gasteiger partial charge in [0.2, 0.25) is 0 Å². The zero-order chi connectivity index (χ0) is 15.5. The quantitative estimate of drug-likeness (QED) is 0.732. The second-order valence-corrected chi connectivity index (χ2v) is 4.53. The highest BCUT2D eigenvalue weighted by molar-refractivity contribution is 5.87. The van der Waals surface area contributed by atoms with Crippen LogP contribution in [0.15, 0.2) is 30.7 Å². The van der Waals surface area contributed by atoms with Crippen LogP contribution >= 0.6 is 0 Å². The number of halogens is 2. The van der Waals surface area contributed by atoms with Gasteiger partial charge in [-0.15, -0.1) is 0 Å². The molecule has 0 amide bonds. The average molecular weight is 305 g/mol. The average Bonchev–Trinajstić information content (AvgIpc) is 2.95. The molecule has 0 radical (unpaired) electrons. The lowest BCUT2D eigenvalue weighted by molar-refractivity contribution is 0.210. The molecule has 0 aliphatic rings. The largest absolute Gasteiger partial charge is 0.383 e. The van der Waals surface area contributed by atoms with Gasteiger partial charge in [0.15, 0.2) is 17.3 Å². The Kier molecular flexibility index (Phi) is 3.92. The van der Waals surface area contributed by atoms with Gasteiger partial charge in [0, 0.05) is 19.7 Å². The molecule has 6 nitrogen and oxygen atoms in total. The first-order valence-corrected chi connectivity index (χ1v) is 6.57. The monoisotopic (exact) mass is 305 g/mol. The molecule has 0 saturated heterocycles. The molecular weight excluding hydrogens is 292 g/mol. The normalized spacial score (nSPS) is 11.0.